The highest BCUT2D eigenvalue weighted by molar-refractivity contribution is 6.07. The summed E-state index contributed by atoms with van der Waals surface area (Å²) in [6.45, 7) is 0.466. The number of pyridine rings is 1. The Morgan fingerprint density at radius 1 is 1.00 bits per heavy atom. The maximum Gasteiger partial charge on any atom is 0.255 e. The fourth-order valence-electron chi connectivity index (χ4n) is 1.87. The number of carbonyl (C=O) groups is 2. The molecule has 1 heterocycles. The zero-order valence-electron chi connectivity index (χ0n) is 12.1. The molecule has 6 heteroatoms. The van der Waals surface area contributed by atoms with Gasteiger partial charge < -0.3 is 16.4 Å². The summed E-state index contributed by atoms with van der Waals surface area (Å²) in [7, 11) is 0. The lowest BCUT2D eigenvalue weighted by molar-refractivity contribution is -0.116. The van der Waals surface area contributed by atoms with Crippen molar-refractivity contribution in [3.05, 3.63) is 54.4 Å². The fourth-order valence-corrected chi connectivity index (χ4v) is 1.87. The third kappa shape index (κ3) is 4.39. The van der Waals surface area contributed by atoms with Gasteiger partial charge in [0, 0.05) is 24.4 Å². The van der Waals surface area contributed by atoms with Crippen molar-refractivity contribution in [3.63, 3.8) is 0 Å². The van der Waals surface area contributed by atoms with Gasteiger partial charge in [0.2, 0.25) is 5.91 Å². The molecule has 0 atom stereocenters. The fraction of sp³-hybridized carbons (Fsp3) is 0.188. The Hall–Kier alpha value is -2.73. The average molecular weight is 298 g/mol. The zero-order valence-corrected chi connectivity index (χ0v) is 12.1. The second kappa shape index (κ2) is 7.90. The Kier molecular flexibility index (Phi) is 5.62. The van der Waals surface area contributed by atoms with Crippen molar-refractivity contribution in [1.29, 1.82) is 0 Å². The van der Waals surface area contributed by atoms with E-state index in [2.05, 4.69) is 15.6 Å². The predicted molar refractivity (Wildman–Crippen MR) is 85.6 cm³/mol. The number of aromatic nitrogens is 1. The Labute approximate surface area is 128 Å². The topological polar surface area (TPSA) is 97.1 Å². The molecular formula is C16H18N4O2. The first kappa shape index (κ1) is 15.7. The van der Waals surface area contributed by atoms with E-state index in [9.17, 15) is 9.59 Å². The van der Waals surface area contributed by atoms with E-state index in [-0.39, 0.29) is 11.8 Å². The van der Waals surface area contributed by atoms with Gasteiger partial charge in [-0.2, -0.15) is 0 Å². The molecule has 6 nitrogen and oxygen atoms in total. The molecule has 0 aliphatic carbocycles. The minimum Gasteiger partial charge on any atom is -0.330 e. The van der Waals surface area contributed by atoms with Crippen LogP contribution in [-0.2, 0) is 4.79 Å². The van der Waals surface area contributed by atoms with Crippen LogP contribution in [0.4, 0.5) is 11.4 Å². The number of nitrogens with one attached hydrogen (secondary N) is 2. The maximum absolute atomic E-state index is 12.2. The van der Waals surface area contributed by atoms with E-state index in [0.29, 0.717) is 36.3 Å². The second-order valence-corrected chi connectivity index (χ2v) is 4.68. The molecule has 0 radical (unpaired) electrons. The summed E-state index contributed by atoms with van der Waals surface area (Å²) in [5, 5.41) is 5.56. The molecule has 114 valence electrons. The van der Waals surface area contributed by atoms with Crippen LogP contribution < -0.4 is 16.4 Å². The van der Waals surface area contributed by atoms with Gasteiger partial charge in [0.25, 0.3) is 5.91 Å². The SMILES string of the molecule is NCCCC(=O)Nc1ccccc1NC(=O)c1ccncc1. The number of hydrogen-bond acceptors (Lipinski definition) is 4. The molecular weight excluding hydrogens is 280 g/mol. The molecule has 1 aromatic carbocycles. The van der Waals surface area contributed by atoms with E-state index >= 15 is 0 Å². The highest BCUT2D eigenvalue weighted by atomic mass is 16.2. The standard InChI is InChI=1S/C16H18N4O2/c17-9-3-6-15(21)19-13-4-1-2-5-14(13)20-16(22)12-7-10-18-11-8-12/h1-2,4-5,7-8,10-11H,3,6,9,17H2,(H,19,21)(H,20,22). The largest absolute Gasteiger partial charge is 0.330 e. The van der Waals surface area contributed by atoms with Crippen molar-refractivity contribution in [2.75, 3.05) is 17.2 Å². The summed E-state index contributed by atoms with van der Waals surface area (Å²) in [5.74, 6) is -0.387. The molecule has 22 heavy (non-hydrogen) atoms. The van der Waals surface area contributed by atoms with E-state index in [1.165, 1.54) is 0 Å². The molecule has 0 saturated heterocycles. The molecule has 2 rings (SSSR count). The molecule has 0 bridgehead atoms. The number of nitrogens with zero attached hydrogens (tertiary/aromatic N) is 1. The number of rotatable bonds is 6. The summed E-state index contributed by atoms with van der Waals surface area (Å²) >= 11 is 0. The summed E-state index contributed by atoms with van der Waals surface area (Å²) in [4.78, 5) is 27.8. The van der Waals surface area contributed by atoms with Crippen LogP contribution in [-0.4, -0.2) is 23.3 Å². The van der Waals surface area contributed by atoms with Gasteiger partial charge in [-0.15, -0.1) is 0 Å². The van der Waals surface area contributed by atoms with Crippen molar-refractivity contribution in [3.8, 4) is 0 Å². The Morgan fingerprint density at radius 3 is 2.27 bits per heavy atom. The maximum atomic E-state index is 12.2. The molecule has 0 saturated carbocycles. The van der Waals surface area contributed by atoms with E-state index in [1.54, 1.807) is 48.8 Å². The van der Waals surface area contributed by atoms with Crippen molar-refractivity contribution < 1.29 is 9.59 Å². The molecule has 0 aliphatic rings. The van der Waals surface area contributed by atoms with Crippen molar-refractivity contribution >= 4 is 23.2 Å². The molecule has 0 aliphatic heterocycles. The molecule has 0 spiro atoms. The zero-order chi connectivity index (χ0) is 15.8. The quantitative estimate of drug-likeness (QED) is 0.760. The number of nitrogens with two attached hydrogens (primary N) is 1. The van der Waals surface area contributed by atoms with Crippen molar-refractivity contribution in [1.82, 2.24) is 4.98 Å². The summed E-state index contributed by atoms with van der Waals surface area (Å²) in [6, 6.07) is 10.3. The van der Waals surface area contributed by atoms with Crippen LogP contribution in [0.3, 0.4) is 0 Å². The van der Waals surface area contributed by atoms with Crippen molar-refractivity contribution in [2.45, 2.75) is 12.8 Å². The highest BCUT2D eigenvalue weighted by Gasteiger charge is 2.10. The molecule has 2 amide bonds. The van der Waals surface area contributed by atoms with E-state index < -0.39 is 0 Å². The number of carbonyl (C=O) groups excluding carboxylic acids is 2. The Balaban J connectivity index is 2.08. The number of benzene rings is 1. The van der Waals surface area contributed by atoms with Crippen LogP contribution in [0.15, 0.2) is 48.8 Å². The van der Waals surface area contributed by atoms with Gasteiger partial charge >= 0.3 is 0 Å². The predicted octanol–water partition coefficient (Wildman–Crippen LogP) is 2.01. The van der Waals surface area contributed by atoms with Gasteiger partial charge in [0.1, 0.15) is 0 Å². The lowest BCUT2D eigenvalue weighted by atomic mass is 10.2. The summed E-state index contributed by atoms with van der Waals surface area (Å²) < 4.78 is 0. The number of amides is 2. The van der Waals surface area contributed by atoms with E-state index in [1.807, 2.05) is 0 Å². The lowest BCUT2D eigenvalue weighted by Gasteiger charge is -2.12. The monoisotopic (exact) mass is 298 g/mol. The van der Waals surface area contributed by atoms with Gasteiger partial charge in [-0.3, -0.25) is 14.6 Å². The lowest BCUT2D eigenvalue weighted by Crippen LogP contribution is -2.17. The van der Waals surface area contributed by atoms with Crippen LogP contribution in [0.5, 0.6) is 0 Å². The first-order valence-electron chi connectivity index (χ1n) is 7.01. The smallest absolute Gasteiger partial charge is 0.255 e. The molecule has 1 aromatic heterocycles. The van der Waals surface area contributed by atoms with Crippen LogP contribution in [0, 0.1) is 0 Å². The summed E-state index contributed by atoms with van der Waals surface area (Å²) in [5.41, 5.74) is 7.00. The number of hydrogen-bond donors (Lipinski definition) is 3. The third-order valence-corrected chi connectivity index (χ3v) is 3.00. The van der Waals surface area contributed by atoms with Gasteiger partial charge in [-0.25, -0.2) is 0 Å². The molecule has 2 aromatic rings. The Morgan fingerprint density at radius 2 is 1.64 bits per heavy atom. The third-order valence-electron chi connectivity index (χ3n) is 3.00. The normalized spacial score (nSPS) is 10.0. The van der Waals surface area contributed by atoms with E-state index in [0.717, 1.165) is 0 Å². The minimum atomic E-state index is -0.258. The molecule has 0 unspecified atom stereocenters. The van der Waals surface area contributed by atoms with E-state index in [4.69, 9.17) is 5.73 Å². The van der Waals surface area contributed by atoms with Crippen LogP contribution in [0.25, 0.3) is 0 Å². The number of para-hydroxylation sites is 2. The first-order chi connectivity index (χ1) is 10.7. The van der Waals surface area contributed by atoms with Gasteiger partial charge in [0.15, 0.2) is 0 Å². The van der Waals surface area contributed by atoms with Crippen molar-refractivity contribution in [2.24, 2.45) is 5.73 Å². The highest BCUT2D eigenvalue weighted by Crippen LogP contribution is 2.22. The van der Waals surface area contributed by atoms with Crippen LogP contribution >= 0.6 is 0 Å². The van der Waals surface area contributed by atoms with Crippen LogP contribution in [0.2, 0.25) is 0 Å². The first-order valence-corrected chi connectivity index (χ1v) is 7.01. The number of anilines is 2. The molecule has 0 fully saturated rings. The molecule has 4 N–H and O–H groups in total. The minimum absolute atomic E-state index is 0.129. The van der Waals surface area contributed by atoms with Gasteiger partial charge in [-0.1, -0.05) is 12.1 Å². The summed E-state index contributed by atoms with van der Waals surface area (Å²) in [6.07, 6.45) is 4.07. The van der Waals surface area contributed by atoms with Gasteiger partial charge in [0.05, 0.1) is 11.4 Å². The van der Waals surface area contributed by atoms with Crippen LogP contribution in [0.1, 0.15) is 23.2 Å². The van der Waals surface area contributed by atoms with Gasteiger partial charge in [-0.05, 0) is 37.2 Å². The second-order valence-electron chi connectivity index (χ2n) is 4.68. The Bertz CT molecular complexity index is 644. The average Bonchev–Trinajstić information content (AvgIpc) is 2.55.